The number of urea groups is 1. The van der Waals surface area contributed by atoms with Gasteiger partial charge in [-0.1, -0.05) is 30.3 Å². The van der Waals surface area contributed by atoms with Crippen molar-refractivity contribution in [1.29, 1.82) is 0 Å². The SMILES string of the molecule is Cc1nc(Oc2ccccc2)nc(C)c1NC(=O)Nc1ccccc1C(F)(F)F. The van der Waals surface area contributed by atoms with Gasteiger partial charge >= 0.3 is 18.2 Å². The molecule has 150 valence electrons. The lowest BCUT2D eigenvalue weighted by atomic mass is 10.1. The molecule has 0 saturated carbocycles. The number of nitrogens with one attached hydrogen (secondary N) is 2. The molecular formula is C20H17F3N4O2. The first-order chi connectivity index (χ1) is 13.7. The van der Waals surface area contributed by atoms with Crippen molar-refractivity contribution in [3.63, 3.8) is 0 Å². The van der Waals surface area contributed by atoms with E-state index in [9.17, 15) is 18.0 Å². The van der Waals surface area contributed by atoms with E-state index in [0.29, 0.717) is 17.1 Å². The largest absolute Gasteiger partial charge is 0.424 e. The van der Waals surface area contributed by atoms with E-state index in [-0.39, 0.29) is 17.4 Å². The Balaban J connectivity index is 1.76. The summed E-state index contributed by atoms with van der Waals surface area (Å²) in [4.78, 5) is 20.6. The third-order valence-electron chi connectivity index (χ3n) is 3.92. The molecule has 9 heteroatoms. The van der Waals surface area contributed by atoms with Crippen molar-refractivity contribution in [2.75, 3.05) is 10.6 Å². The molecule has 3 aromatic rings. The predicted molar refractivity (Wildman–Crippen MR) is 102 cm³/mol. The molecule has 2 aromatic carbocycles. The molecule has 0 aliphatic carbocycles. The Bertz CT molecular complexity index is 1000. The summed E-state index contributed by atoms with van der Waals surface area (Å²) < 4.78 is 44.8. The molecule has 1 heterocycles. The first-order valence-corrected chi connectivity index (χ1v) is 8.56. The van der Waals surface area contributed by atoms with Crippen molar-refractivity contribution in [1.82, 2.24) is 9.97 Å². The molecule has 6 nitrogen and oxygen atoms in total. The number of para-hydroxylation sites is 2. The zero-order chi connectivity index (χ0) is 21.0. The van der Waals surface area contributed by atoms with Gasteiger partial charge in [0, 0.05) is 0 Å². The second-order valence-electron chi connectivity index (χ2n) is 6.09. The molecule has 0 bridgehead atoms. The summed E-state index contributed by atoms with van der Waals surface area (Å²) in [7, 11) is 0. The van der Waals surface area contributed by atoms with E-state index in [2.05, 4.69) is 20.6 Å². The van der Waals surface area contributed by atoms with Gasteiger partial charge in [0.05, 0.1) is 28.3 Å². The van der Waals surface area contributed by atoms with E-state index in [0.717, 1.165) is 6.07 Å². The van der Waals surface area contributed by atoms with E-state index in [1.165, 1.54) is 18.2 Å². The molecule has 0 fully saturated rings. The molecule has 0 saturated heterocycles. The van der Waals surface area contributed by atoms with Crippen molar-refractivity contribution >= 4 is 17.4 Å². The minimum Gasteiger partial charge on any atom is -0.424 e. The Hall–Kier alpha value is -3.62. The maximum Gasteiger partial charge on any atom is 0.418 e. The van der Waals surface area contributed by atoms with Crippen LogP contribution in [0, 0.1) is 13.8 Å². The zero-order valence-electron chi connectivity index (χ0n) is 15.5. The van der Waals surface area contributed by atoms with E-state index < -0.39 is 17.8 Å². The lowest BCUT2D eigenvalue weighted by molar-refractivity contribution is -0.136. The number of ether oxygens (including phenoxy) is 1. The summed E-state index contributed by atoms with van der Waals surface area (Å²) >= 11 is 0. The average molecular weight is 402 g/mol. The molecule has 2 N–H and O–H groups in total. The molecule has 0 aliphatic heterocycles. The number of anilines is 2. The molecule has 0 radical (unpaired) electrons. The van der Waals surface area contributed by atoms with Gasteiger partial charge in [-0.2, -0.15) is 23.1 Å². The van der Waals surface area contributed by atoms with Crippen LogP contribution in [0.4, 0.5) is 29.3 Å². The molecule has 2 amide bonds. The Morgan fingerprint density at radius 2 is 1.48 bits per heavy atom. The van der Waals surface area contributed by atoms with Gasteiger partial charge in [-0.15, -0.1) is 0 Å². The van der Waals surface area contributed by atoms with Crippen molar-refractivity contribution in [2.24, 2.45) is 0 Å². The number of amides is 2. The number of benzene rings is 2. The van der Waals surface area contributed by atoms with Crippen LogP contribution in [0.15, 0.2) is 54.6 Å². The Kier molecular flexibility index (Phi) is 5.67. The number of carbonyl (C=O) groups excluding carboxylic acids is 1. The highest BCUT2D eigenvalue weighted by Crippen LogP contribution is 2.34. The number of nitrogens with zero attached hydrogens (tertiary/aromatic N) is 2. The molecule has 1 aromatic heterocycles. The second-order valence-corrected chi connectivity index (χ2v) is 6.09. The highest BCUT2D eigenvalue weighted by Gasteiger charge is 2.33. The minimum absolute atomic E-state index is 0.0968. The first kappa shape index (κ1) is 20.1. The summed E-state index contributed by atoms with van der Waals surface area (Å²) in [6, 6.07) is 12.9. The van der Waals surface area contributed by atoms with Crippen LogP contribution in [-0.4, -0.2) is 16.0 Å². The summed E-state index contributed by atoms with van der Waals surface area (Å²) in [6.07, 6.45) is -4.59. The summed E-state index contributed by atoms with van der Waals surface area (Å²) in [5.41, 5.74) is -0.193. The normalized spacial score (nSPS) is 11.1. The quantitative estimate of drug-likeness (QED) is 0.600. The van der Waals surface area contributed by atoms with Gasteiger partial charge in [0.15, 0.2) is 0 Å². The lowest BCUT2D eigenvalue weighted by Gasteiger charge is -2.15. The van der Waals surface area contributed by atoms with Gasteiger partial charge in [0.25, 0.3) is 0 Å². The fourth-order valence-corrected chi connectivity index (χ4v) is 2.61. The zero-order valence-corrected chi connectivity index (χ0v) is 15.5. The Morgan fingerprint density at radius 1 is 0.897 bits per heavy atom. The van der Waals surface area contributed by atoms with Crippen molar-refractivity contribution in [2.45, 2.75) is 20.0 Å². The fraction of sp³-hybridized carbons (Fsp3) is 0.150. The van der Waals surface area contributed by atoms with Crippen LogP contribution in [0.3, 0.4) is 0 Å². The highest BCUT2D eigenvalue weighted by atomic mass is 19.4. The van der Waals surface area contributed by atoms with Crippen LogP contribution < -0.4 is 15.4 Å². The molecule has 0 atom stereocenters. The minimum atomic E-state index is -4.59. The first-order valence-electron chi connectivity index (χ1n) is 8.56. The monoisotopic (exact) mass is 402 g/mol. The second kappa shape index (κ2) is 8.17. The third kappa shape index (κ3) is 5.01. The van der Waals surface area contributed by atoms with Crippen LogP contribution in [0.1, 0.15) is 17.0 Å². The van der Waals surface area contributed by atoms with Crippen LogP contribution in [0.5, 0.6) is 11.8 Å². The maximum atomic E-state index is 13.1. The van der Waals surface area contributed by atoms with Crippen molar-refractivity contribution in [3.05, 3.63) is 71.5 Å². The topological polar surface area (TPSA) is 76.1 Å². The van der Waals surface area contributed by atoms with E-state index in [1.807, 2.05) is 6.07 Å². The number of carbonyl (C=O) groups is 1. The van der Waals surface area contributed by atoms with E-state index >= 15 is 0 Å². The van der Waals surface area contributed by atoms with E-state index in [4.69, 9.17) is 4.74 Å². The van der Waals surface area contributed by atoms with E-state index in [1.54, 1.807) is 38.1 Å². The standard InChI is InChI=1S/C20H17F3N4O2/c1-12-17(13(2)25-19(24-12)29-14-8-4-3-5-9-14)27-18(28)26-16-11-7-6-10-15(16)20(21,22)23/h3-11H,1-2H3,(H2,26,27,28). The smallest absolute Gasteiger partial charge is 0.418 e. The number of aromatic nitrogens is 2. The third-order valence-corrected chi connectivity index (χ3v) is 3.92. The summed E-state index contributed by atoms with van der Waals surface area (Å²) in [5.74, 6) is 0.550. The summed E-state index contributed by atoms with van der Waals surface area (Å²) in [5, 5.41) is 4.72. The molecule has 0 aliphatic rings. The average Bonchev–Trinajstić information content (AvgIpc) is 2.65. The van der Waals surface area contributed by atoms with Gasteiger partial charge in [0.1, 0.15) is 5.75 Å². The lowest BCUT2D eigenvalue weighted by Crippen LogP contribution is -2.23. The van der Waals surface area contributed by atoms with Crippen molar-refractivity contribution < 1.29 is 22.7 Å². The van der Waals surface area contributed by atoms with Crippen LogP contribution in [0.25, 0.3) is 0 Å². The number of halogens is 3. The predicted octanol–water partition coefficient (Wildman–Crippen LogP) is 5.55. The number of hydrogen-bond acceptors (Lipinski definition) is 4. The Morgan fingerprint density at radius 3 is 2.10 bits per heavy atom. The molecule has 0 spiro atoms. The van der Waals surface area contributed by atoms with Gasteiger partial charge in [0.2, 0.25) is 0 Å². The maximum absolute atomic E-state index is 13.1. The molecule has 0 unspecified atom stereocenters. The van der Waals surface area contributed by atoms with Gasteiger partial charge < -0.3 is 15.4 Å². The number of alkyl halides is 3. The Labute approximate surface area is 164 Å². The molecular weight excluding hydrogens is 385 g/mol. The molecule has 29 heavy (non-hydrogen) atoms. The van der Waals surface area contributed by atoms with Gasteiger partial charge in [-0.3, -0.25) is 0 Å². The van der Waals surface area contributed by atoms with Gasteiger partial charge in [-0.05, 0) is 38.1 Å². The number of hydrogen-bond donors (Lipinski definition) is 2. The van der Waals surface area contributed by atoms with Crippen molar-refractivity contribution in [3.8, 4) is 11.8 Å². The summed E-state index contributed by atoms with van der Waals surface area (Å²) in [6.45, 7) is 3.26. The van der Waals surface area contributed by atoms with Gasteiger partial charge in [-0.25, -0.2) is 4.79 Å². The molecule has 3 rings (SSSR count). The highest BCUT2D eigenvalue weighted by molar-refractivity contribution is 6.00. The van der Waals surface area contributed by atoms with Crippen LogP contribution >= 0.6 is 0 Å². The van der Waals surface area contributed by atoms with Crippen LogP contribution in [0.2, 0.25) is 0 Å². The number of rotatable bonds is 4. The van der Waals surface area contributed by atoms with Crippen LogP contribution in [-0.2, 0) is 6.18 Å². The fourth-order valence-electron chi connectivity index (χ4n) is 2.61. The number of aryl methyl sites for hydroxylation is 2.